The SMILES string of the molecule is O=C(Nc1ncc(Br)cc1Br)c1ccccc1I. The van der Waals surface area contributed by atoms with E-state index >= 15 is 0 Å². The molecular weight excluding hydrogens is 475 g/mol. The molecular formula is C12H7Br2IN2O. The van der Waals surface area contributed by atoms with Crippen LogP contribution in [0.4, 0.5) is 5.82 Å². The minimum atomic E-state index is -0.171. The number of amides is 1. The zero-order chi connectivity index (χ0) is 13.1. The molecule has 1 amide bonds. The second kappa shape index (κ2) is 6.12. The number of pyridine rings is 1. The van der Waals surface area contributed by atoms with Crippen molar-refractivity contribution >= 4 is 66.2 Å². The number of anilines is 1. The topological polar surface area (TPSA) is 42.0 Å². The van der Waals surface area contributed by atoms with Crippen molar-refractivity contribution in [3.63, 3.8) is 0 Å². The Hall–Kier alpha value is -0.470. The van der Waals surface area contributed by atoms with Crippen molar-refractivity contribution in [1.29, 1.82) is 0 Å². The predicted molar refractivity (Wildman–Crippen MR) is 86.7 cm³/mol. The van der Waals surface area contributed by atoms with Gasteiger partial charge in [0.25, 0.3) is 5.91 Å². The van der Waals surface area contributed by atoms with Gasteiger partial charge in [-0.3, -0.25) is 4.79 Å². The zero-order valence-corrected chi connectivity index (χ0v) is 14.3. The van der Waals surface area contributed by atoms with Crippen molar-refractivity contribution in [2.45, 2.75) is 0 Å². The molecule has 0 aliphatic carbocycles. The standard InChI is InChI=1S/C12H7Br2IN2O/c13-7-5-9(14)11(16-6-7)17-12(18)8-3-1-2-4-10(8)15/h1-6H,(H,16,17,18). The van der Waals surface area contributed by atoms with E-state index in [-0.39, 0.29) is 5.91 Å². The summed E-state index contributed by atoms with van der Waals surface area (Å²) in [5.41, 5.74) is 0.634. The highest BCUT2D eigenvalue weighted by molar-refractivity contribution is 14.1. The fourth-order valence-electron chi connectivity index (χ4n) is 1.33. The predicted octanol–water partition coefficient (Wildman–Crippen LogP) is 4.46. The van der Waals surface area contributed by atoms with E-state index in [4.69, 9.17) is 0 Å². The van der Waals surface area contributed by atoms with Gasteiger partial charge in [0.1, 0.15) is 5.82 Å². The van der Waals surface area contributed by atoms with Gasteiger partial charge >= 0.3 is 0 Å². The molecule has 2 aromatic rings. The van der Waals surface area contributed by atoms with Crippen molar-refractivity contribution in [1.82, 2.24) is 4.98 Å². The molecule has 0 saturated heterocycles. The molecule has 2 rings (SSSR count). The molecule has 0 aliphatic rings. The number of aromatic nitrogens is 1. The van der Waals surface area contributed by atoms with Gasteiger partial charge in [0.2, 0.25) is 0 Å². The Morgan fingerprint density at radius 3 is 2.67 bits per heavy atom. The number of nitrogens with one attached hydrogen (secondary N) is 1. The Morgan fingerprint density at radius 2 is 2.00 bits per heavy atom. The fraction of sp³-hybridized carbons (Fsp3) is 0. The van der Waals surface area contributed by atoms with Crippen LogP contribution in [0.15, 0.2) is 45.5 Å². The Bertz CT molecular complexity index is 604. The molecule has 0 atom stereocenters. The molecule has 6 heteroatoms. The normalized spacial score (nSPS) is 10.2. The largest absolute Gasteiger partial charge is 0.306 e. The molecule has 92 valence electrons. The number of rotatable bonds is 2. The van der Waals surface area contributed by atoms with Crippen LogP contribution < -0.4 is 5.32 Å². The lowest BCUT2D eigenvalue weighted by Crippen LogP contribution is -2.14. The summed E-state index contributed by atoms with van der Waals surface area (Å²) in [6.07, 6.45) is 1.64. The summed E-state index contributed by atoms with van der Waals surface area (Å²) in [6, 6.07) is 9.23. The minimum absolute atomic E-state index is 0.171. The van der Waals surface area contributed by atoms with E-state index in [1.54, 1.807) is 12.3 Å². The first kappa shape index (κ1) is 14.0. The van der Waals surface area contributed by atoms with Gasteiger partial charge in [0, 0.05) is 14.2 Å². The first-order valence-electron chi connectivity index (χ1n) is 4.95. The van der Waals surface area contributed by atoms with E-state index in [0.29, 0.717) is 11.4 Å². The van der Waals surface area contributed by atoms with Crippen molar-refractivity contribution in [3.8, 4) is 0 Å². The molecule has 1 N–H and O–H groups in total. The van der Waals surface area contributed by atoms with Crippen molar-refractivity contribution < 1.29 is 4.79 Å². The van der Waals surface area contributed by atoms with Crippen LogP contribution in [-0.2, 0) is 0 Å². The van der Waals surface area contributed by atoms with Crippen molar-refractivity contribution in [3.05, 3.63) is 54.6 Å². The van der Waals surface area contributed by atoms with Gasteiger partial charge in [-0.1, -0.05) is 12.1 Å². The van der Waals surface area contributed by atoms with Crippen LogP contribution in [-0.4, -0.2) is 10.9 Å². The summed E-state index contributed by atoms with van der Waals surface area (Å²) in [5, 5.41) is 2.77. The lowest BCUT2D eigenvalue weighted by molar-refractivity contribution is 0.102. The van der Waals surface area contributed by atoms with Gasteiger partial charge in [-0.2, -0.15) is 0 Å². The molecule has 18 heavy (non-hydrogen) atoms. The Balaban J connectivity index is 2.24. The summed E-state index contributed by atoms with van der Waals surface area (Å²) in [5.74, 6) is 0.332. The third-order valence-electron chi connectivity index (χ3n) is 2.16. The maximum Gasteiger partial charge on any atom is 0.257 e. The second-order valence-electron chi connectivity index (χ2n) is 3.42. The van der Waals surface area contributed by atoms with Crippen LogP contribution in [0.3, 0.4) is 0 Å². The van der Waals surface area contributed by atoms with Gasteiger partial charge in [-0.25, -0.2) is 4.98 Å². The maximum atomic E-state index is 12.1. The number of carbonyl (C=O) groups is 1. The van der Waals surface area contributed by atoms with Crippen molar-refractivity contribution in [2.24, 2.45) is 0 Å². The third kappa shape index (κ3) is 3.30. The highest BCUT2D eigenvalue weighted by Gasteiger charge is 2.11. The summed E-state index contributed by atoms with van der Waals surface area (Å²) >= 11 is 8.80. The molecule has 3 nitrogen and oxygen atoms in total. The lowest BCUT2D eigenvalue weighted by Gasteiger charge is -2.07. The molecule has 1 heterocycles. The average molecular weight is 482 g/mol. The Kier molecular flexibility index (Phi) is 4.74. The summed E-state index contributed by atoms with van der Waals surface area (Å²) in [6.45, 7) is 0. The average Bonchev–Trinajstić information content (AvgIpc) is 2.33. The van der Waals surface area contributed by atoms with Crippen LogP contribution >= 0.6 is 54.5 Å². The number of benzene rings is 1. The van der Waals surface area contributed by atoms with Crippen LogP contribution in [0.5, 0.6) is 0 Å². The van der Waals surface area contributed by atoms with E-state index in [1.807, 2.05) is 24.3 Å². The van der Waals surface area contributed by atoms with E-state index in [2.05, 4.69) is 64.8 Å². The maximum absolute atomic E-state index is 12.1. The number of nitrogens with zero attached hydrogens (tertiary/aromatic N) is 1. The molecule has 0 spiro atoms. The van der Waals surface area contributed by atoms with E-state index < -0.39 is 0 Å². The summed E-state index contributed by atoms with van der Waals surface area (Å²) in [7, 11) is 0. The molecule has 1 aromatic carbocycles. The molecule has 1 aromatic heterocycles. The number of carbonyl (C=O) groups excluding carboxylic acids is 1. The highest BCUT2D eigenvalue weighted by Crippen LogP contribution is 2.24. The number of hydrogen-bond acceptors (Lipinski definition) is 2. The molecule has 0 aliphatic heterocycles. The van der Waals surface area contributed by atoms with E-state index in [0.717, 1.165) is 12.5 Å². The Morgan fingerprint density at radius 1 is 1.28 bits per heavy atom. The zero-order valence-electron chi connectivity index (χ0n) is 8.95. The van der Waals surface area contributed by atoms with Crippen LogP contribution in [0, 0.1) is 3.57 Å². The van der Waals surface area contributed by atoms with Gasteiger partial charge in [0.15, 0.2) is 0 Å². The van der Waals surface area contributed by atoms with Crippen molar-refractivity contribution in [2.75, 3.05) is 5.32 Å². The smallest absolute Gasteiger partial charge is 0.257 e. The fourth-order valence-corrected chi connectivity index (χ4v) is 3.05. The highest BCUT2D eigenvalue weighted by atomic mass is 127. The summed E-state index contributed by atoms with van der Waals surface area (Å²) in [4.78, 5) is 16.2. The quantitative estimate of drug-likeness (QED) is 0.643. The van der Waals surface area contributed by atoms with Crippen LogP contribution in [0.2, 0.25) is 0 Å². The molecule has 0 fully saturated rings. The second-order valence-corrected chi connectivity index (χ2v) is 6.35. The van der Waals surface area contributed by atoms with Gasteiger partial charge in [0.05, 0.1) is 10.0 Å². The number of hydrogen-bond donors (Lipinski definition) is 1. The van der Waals surface area contributed by atoms with Crippen LogP contribution in [0.1, 0.15) is 10.4 Å². The lowest BCUT2D eigenvalue weighted by atomic mass is 10.2. The molecule has 0 bridgehead atoms. The summed E-state index contributed by atoms with van der Waals surface area (Å²) < 4.78 is 2.48. The first-order chi connectivity index (χ1) is 8.58. The van der Waals surface area contributed by atoms with Crippen LogP contribution in [0.25, 0.3) is 0 Å². The third-order valence-corrected chi connectivity index (χ3v) is 4.14. The van der Waals surface area contributed by atoms with Gasteiger partial charge in [-0.15, -0.1) is 0 Å². The minimum Gasteiger partial charge on any atom is -0.306 e. The molecule has 0 saturated carbocycles. The monoisotopic (exact) mass is 480 g/mol. The first-order valence-corrected chi connectivity index (χ1v) is 7.61. The number of halogens is 3. The van der Waals surface area contributed by atoms with E-state index in [9.17, 15) is 4.79 Å². The van der Waals surface area contributed by atoms with Gasteiger partial charge in [-0.05, 0) is 72.6 Å². The van der Waals surface area contributed by atoms with E-state index in [1.165, 1.54) is 0 Å². The Labute approximate surface area is 135 Å². The molecule has 0 unspecified atom stereocenters. The van der Waals surface area contributed by atoms with Gasteiger partial charge < -0.3 is 5.32 Å². The molecule has 0 radical (unpaired) electrons.